The number of pyridine rings is 1. The molecule has 1 aliphatic rings. The third-order valence-corrected chi connectivity index (χ3v) is 6.13. The van der Waals surface area contributed by atoms with E-state index in [4.69, 9.17) is 4.98 Å². The molecule has 1 saturated heterocycles. The van der Waals surface area contributed by atoms with Crippen LogP contribution in [0.1, 0.15) is 47.3 Å². The van der Waals surface area contributed by atoms with Crippen LogP contribution in [0.2, 0.25) is 0 Å². The fourth-order valence-electron chi connectivity index (χ4n) is 3.89. The van der Waals surface area contributed by atoms with Crippen LogP contribution in [0.3, 0.4) is 0 Å². The molecular weight excluding hydrogens is 414 g/mol. The van der Waals surface area contributed by atoms with Crippen LogP contribution in [0.15, 0.2) is 53.1 Å². The summed E-state index contributed by atoms with van der Waals surface area (Å²) in [5.41, 5.74) is 4.59. The van der Waals surface area contributed by atoms with Crippen molar-refractivity contribution in [1.29, 1.82) is 0 Å². The number of aryl methyl sites for hydroxylation is 1. The zero-order valence-electron chi connectivity index (χ0n) is 16.2. The zero-order valence-corrected chi connectivity index (χ0v) is 17.8. The Bertz CT molecular complexity index is 1030. The van der Waals surface area contributed by atoms with Crippen LogP contribution < -0.4 is 5.32 Å². The smallest absolute Gasteiger partial charge is 0.255 e. The lowest BCUT2D eigenvalue weighted by atomic mass is 10.0. The van der Waals surface area contributed by atoms with Gasteiger partial charge in [0.05, 0.1) is 5.52 Å². The molecule has 1 atom stereocenters. The number of carbonyl (C=O) groups excluding carboxylic acids is 1. The van der Waals surface area contributed by atoms with Gasteiger partial charge in [0, 0.05) is 33.3 Å². The number of amides is 1. The number of halogens is 1. The summed E-state index contributed by atoms with van der Waals surface area (Å²) in [6.07, 6.45) is 4.55. The molecule has 0 unspecified atom stereocenters. The van der Waals surface area contributed by atoms with Crippen molar-refractivity contribution in [2.24, 2.45) is 0 Å². The number of rotatable bonds is 4. The molecule has 144 valence electrons. The van der Waals surface area contributed by atoms with Crippen LogP contribution in [0, 0.1) is 6.92 Å². The predicted molar refractivity (Wildman–Crippen MR) is 118 cm³/mol. The molecule has 0 aliphatic carbocycles. The minimum atomic E-state index is -0.122. The molecule has 3 aromatic rings. The summed E-state index contributed by atoms with van der Waals surface area (Å²) in [6, 6.07) is 14.0. The lowest BCUT2D eigenvalue weighted by Gasteiger charge is -2.24. The molecule has 4 rings (SSSR count). The summed E-state index contributed by atoms with van der Waals surface area (Å²) in [5, 5.41) is 4.13. The van der Waals surface area contributed by atoms with Gasteiger partial charge in [0.15, 0.2) is 0 Å². The Morgan fingerprint density at radius 3 is 2.71 bits per heavy atom. The number of nitrogens with one attached hydrogen (secondary N) is 1. The Kier molecular flexibility index (Phi) is 5.47. The lowest BCUT2D eigenvalue weighted by Crippen LogP contribution is -2.23. The number of anilines is 1. The first-order valence-electron chi connectivity index (χ1n) is 9.73. The Morgan fingerprint density at radius 1 is 1.18 bits per heavy atom. The van der Waals surface area contributed by atoms with E-state index in [1.54, 1.807) is 6.07 Å². The van der Waals surface area contributed by atoms with Crippen LogP contribution in [-0.4, -0.2) is 28.9 Å². The number of aromatic nitrogens is 1. The van der Waals surface area contributed by atoms with Gasteiger partial charge in [-0.3, -0.25) is 14.7 Å². The van der Waals surface area contributed by atoms with E-state index in [-0.39, 0.29) is 5.91 Å². The van der Waals surface area contributed by atoms with Gasteiger partial charge in [0.2, 0.25) is 0 Å². The average Bonchev–Trinajstić information content (AvgIpc) is 3.24. The van der Waals surface area contributed by atoms with E-state index in [1.165, 1.54) is 31.5 Å². The standard InChI is InChI=1S/C23H24BrN3O/c1-15-21(26-23(28)18-6-5-7-20(24)13-18)9-8-17-12-19(14-25-22(15)17)16(2)27-10-3-4-11-27/h5-9,12-14,16H,3-4,10-11H2,1-2H3,(H,26,28)/t16-/m1/s1. The fourth-order valence-corrected chi connectivity index (χ4v) is 4.29. The molecule has 2 aromatic carbocycles. The Morgan fingerprint density at radius 2 is 1.96 bits per heavy atom. The first-order chi connectivity index (χ1) is 13.5. The van der Waals surface area contributed by atoms with E-state index in [0.717, 1.165) is 26.6 Å². The van der Waals surface area contributed by atoms with Gasteiger partial charge in [-0.25, -0.2) is 0 Å². The average molecular weight is 438 g/mol. The Balaban J connectivity index is 1.60. The molecule has 0 bridgehead atoms. The monoisotopic (exact) mass is 437 g/mol. The maximum absolute atomic E-state index is 12.6. The quantitative estimate of drug-likeness (QED) is 0.567. The summed E-state index contributed by atoms with van der Waals surface area (Å²) < 4.78 is 0.886. The Labute approximate surface area is 174 Å². The number of nitrogens with zero attached hydrogens (tertiary/aromatic N) is 2. The maximum Gasteiger partial charge on any atom is 0.255 e. The molecule has 0 spiro atoms. The van der Waals surface area contributed by atoms with Crippen molar-refractivity contribution < 1.29 is 4.79 Å². The Hall–Kier alpha value is -2.24. The molecular formula is C23H24BrN3O. The van der Waals surface area contributed by atoms with Crippen LogP contribution in [-0.2, 0) is 0 Å². The lowest BCUT2D eigenvalue weighted by molar-refractivity contribution is 0.102. The van der Waals surface area contributed by atoms with Crippen molar-refractivity contribution in [1.82, 2.24) is 9.88 Å². The molecule has 1 aliphatic heterocycles. The second-order valence-corrected chi connectivity index (χ2v) is 8.38. The van der Waals surface area contributed by atoms with Crippen molar-refractivity contribution in [3.8, 4) is 0 Å². The highest BCUT2D eigenvalue weighted by molar-refractivity contribution is 9.10. The fraction of sp³-hybridized carbons (Fsp3) is 0.304. The van der Waals surface area contributed by atoms with E-state index in [2.05, 4.69) is 39.1 Å². The van der Waals surface area contributed by atoms with Gasteiger partial charge in [-0.2, -0.15) is 0 Å². The van der Waals surface area contributed by atoms with E-state index < -0.39 is 0 Å². The van der Waals surface area contributed by atoms with Crippen molar-refractivity contribution >= 4 is 38.4 Å². The number of hydrogen-bond acceptors (Lipinski definition) is 3. The molecule has 1 N–H and O–H groups in total. The normalized spacial score (nSPS) is 15.7. The topological polar surface area (TPSA) is 45.2 Å². The third kappa shape index (κ3) is 3.82. The molecule has 1 aromatic heterocycles. The van der Waals surface area contributed by atoms with Gasteiger partial charge in [-0.05, 0) is 81.2 Å². The van der Waals surface area contributed by atoms with Crippen molar-refractivity contribution in [3.05, 3.63) is 69.8 Å². The molecule has 1 amide bonds. The van der Waals surface area contributed by atoms with Gasteiger partial charge in [0.25, 0.3) is 5.91 Å². The second kappa shape index (κ2) is 8.02. The molecule has 0 radical (unpaired) electrons. The minimum Gasteiger partial charge on any atom is -0.322 e. The van der Waals surface area contributed by atoms with Crippen LogP contribution in [0.4, 0.5) is 5.69 Å². The third-order valence-electron chi connectivity index (χ3n) is 5.63. The van der Waals surface area contributed by atoms with Crippen molar-refractivity contribution in [3.63, 3.8) is 0 Å². The SMILES string of the molecule is Cc1c(NC(=O)c2cccc(Br)c2)ccc2cc([C@@H](C)N3CCCC3)cnc12. The predicted octanol–water partition coefficient (Wildman–Crippen LogP) is 5.71. The van der Waals surface area contributed by atoms with Gasteiger partial charge >= 0.3 is 0 Å². The summed E-state index contributed by atoms with van der Waals surface area (Å²) in [6.45, 7) is 6.60. The van der Waals surface area contributed by atoms with E-state index in [9.17, 15) is 4.79 Å². The van der Waals surface area contributed by atoms with Crippen molar-refractivity contribution in [2.75, 3.05) is 18.4 Å². The maximum atomic E-state index is 12.6. The van der Waals surface area contributed by atoms with Gasteiger partial charge < -0.3 is 5.32 Å². The van der Waals surface area contributed by atoms with Crippen LogP contribution >= 0.6 is 15.9 Å². The largest absolute Gasteiger partial charge is 0.322 e. The number of carbonyl (C=O) groups is 1. The first kappa shape index (κ1) is 19.1. The van der Waals surface area contributed by atoms with E-state index in [1.807, 2.05) is 43.5 Å². The van der Waals surface area contributed by atoms with Crippen LogP contribution in [0.5, 0.6) is 0 Å². The highest BCUT2D eigenvalue weighted by Crippen LogP contribution is 2.29. The second-order valence-electron chi connectivity index (χ2n) is 7.46. The number of benzene rings is 2. The summed E-state index contributed by atoms with van der Waals surface area (Å²) >= 11 is 3.41. The number of likely N-dealkylation sites (tertiary alicyclic amines) is 1. The number of fused-ring (bicyclic) bond motifs is 1. The van der Waals surface area contributed by atoms with E-state index >= 15 is 0 Å². The molecule has 2 heterocycles. The summed E-state index contributed by atoms with van der Waals surface area (Å²) in [7, 11) is 0. The molecule has 1 fully saturated rings. The molecule has 28 heavy (non-hydrogen) atoms. The molecule has 5 heteroatoms. The molecule has 4 nitrogen and oxygen atoms in total. The van der Waals surface area contributed by atoms with Crippen LogP contribution in [0.25, 0.3) is 10.9 Å². The highest BCUT2D eigenvalue weighted by Gasteiger charge is 2.20. The first-order valence-corrected chi connectivity index (χ1v) is 10.5. The van der Waals surface area contributed by atoms with E-state index in [0.29, 0.717) is 11.6 Å². The van der Waals surface area contributed by atoms with Gasteiger partial charge in [0.1, 0.15) is 0 Å². The minimum absolute atomic E-state index is 0.122. The zero-order chi connectivity index (χ0) is 19.7. The highest BCUT2D eigenvalue weighted by atomic mass is 79.9. The summed E-state index contributed by atoms with van der Waals surface area (Å²) in [4.78, 5) is 19.8. The van der Waals surface area contributed by atoms with Crippen molar-refractivity contribution in [2.45, 2.75) is 32.7 Å². The van der Waals surface area contributed by atoms with Gasteiger partial charge in [-0.15, -0.1) is 0 Å². The number of hydrogen-bond donors (Lipinski definition) is 1. The summed E-state index contributed by atoms with van der Waals surface area (Å²) in [5.74, 6) is -0.122. The molecule has 0 saturated carbocycles. The van der Waals surface area contributed by atoms with Gasteiger partial charge in [-0.1, -0.05) is 28.1 Å².